The van der Waals surface area contributed by atoms with Gasteiger partial charge in [-0.25, -0.2) is 8.91 Å². The number of hydrogen-bond acceptors (Lipinski definition) is 7. The van der Waals surface area contributed by atoms with Crippen molar-refractivity contribution in [3.8, 4) is 6.07 Å². The standard InChI is InChI=1S/C26H29FN6O3/c1-26(35,15-30-18-10-20-5-6-21(11-18)36-20)24(27)23(32-25(34)17-3-2-8-29-14-17)22-7-4-19-9-16(12-28)13-31-33(19)22/h2-4,7-9,13-14,18,20-21,23-24,30,35H,5-6,10-11,15H2,1H3,(H,32,34)/t18?,20?,21?,23?,24-,26?/m1/s1. The Bertz CT molecular complexity index is 1260. The summed E-state index contributed by atoms with van der Waals surface area (Å²) >= 11 is 0. The van der Waals surface area contributed by atoms with Crippen molar-refractivity contribution in [1.82, 2.24) is 25.2 Å². The van der Waals surface area contributed by atoms with E-state index in [4.69, 9.17) is 4.74 Å². The molecule has 4 unspecified atom stereocenters. The number of rotatable bonds is 8. The molecule has 2 aliphatic rings. The van der Waals surface area contributed by atoms with Crippen molar-refractivity contribution >= 4 is 11.4 Å². The molecule has 10 heteroatoms. The van der Waals surface area contributed by atoms with Crippen molar-refractivity contribution in [3.63, 3.8) is 0 Å². The van der Waals surface area contributed by atoms with Gasteiger partial charge < -0.3 is 20.5 Å². The predicted molar refractivity (Wildman–Crippen MR) is 129 cm³/mol. The number of carbonyl (C=O) groups excluding carboxylic acids is 1. The highest BCUT2D eigenvalue weighted by molar-refractivity contribution is 5.94. The largest absolute Gasteiger partial charge is 0.386 e. The van der Waals surface area contributed by atoms with Crippen molar-refractivity contribution in [3.05, 3.63) is 65.7 Å². The molecule has 36 heavy (non-hydrogen) atoms. The van der Waals surface area contributed by atoms with Crippen molar-refractivity contribution in [2.45, 2.75) is 68.7 Å². The lowest BCUT2D eigenvalue weighted by molar-refractivity contribution is -0.0460. The summed E-state index contributed by atoms with van der Waals surface area (Å²) in [4.78, 5) is 17.0. The number of carbonyl (C=O) groups is 1. The van der Waals surface area contributed by atoms with E-state index in [1.165, 1.54) is 23.8 Å². The number of nitrogens with one attached hydrogen (secondary N) is 2. The lowest BCUT2D eigenvalue weighted by Crippen LogP contribution is -2.54. The second-order valence-corrected chi connectivity index (χ2v) is 9.91. The third-order valence-electron chi connectivity index (χ3n) is 7.11. The number of nitrogens with zero attached hydrogens (tertiary/aromatic N) is 4. The first-order valence-corrected chi connectivity index (χ1v) is 12.2. The number of fused-ring (bicyclic) bond motifs is 3. The summed E-state index contributed by atoms with van der Waals surface area (Å²) in [5.74, 6) is -0.524. The quantitative estimate of drug-likeness (QED) is 0.441. The molecule has 5 heterocycles. The number of aromatic nitrogens is 3. The monoisotopic (exact) mass is 492 g/mol. The Morgan fingerprint density at radius 2 is 2.11 bits per heavy atom. The Kier molecular flexibility index (Phi) is 6.71. The smallest absolute Gasteiger partial charge is 0.253 e. The molecule has 3 N–H and O–H groups in total. The van der Waals surface area contributed by atoms with Crippen LogP contribution in [0.5, 0.6) is 0 Å². The topological polar surface area (TPSA) is 125 Å². The van der Waals surface area contributed by atoms with Crippen LogP contribution in [-0.2, 0) is 4.74 Å². The molecule has 3 aromatic heterocycles. The second kappa shape index (κ2) is 9.93. The Balaban J connectivity index is 1.40. The number of alkyl halides is 1. The van der Waals surface area contributed by atoms with Crippen molar-refractivity contribution < 1.29 is 19.0 Å². The van der Waals surface area contributed by atoms with Gasteiger partial charge in [-0.05, 0) is 62.9 Å². The first kappa shape index (κ1) is 24.3. The average molecular weight is 493 g/mol. The summed E-state index contributed by atoms with van der Waals surface area (Å²) in [6, 6.07) is 9.12. The maximum atomic E-state index is 16.2. The van der Waals surface area contributed by atoms with E-state index in [1.54, 1.807) is 36.5 Å². The summed E-state index contributed by atoms with van der Waals surface area (Å²) in [6.45, 7) is 1.44. The van der Waals surface area contributed by atoms with Crippen LogP contribution in [0.3, 0.4) is 0 Å². The molecule has 5 atom stereocenters. The Labute approximate surface area is 208 Å². The van der Waals surface area contributed by atoms with E-state index in [9.17, 15) is 15.2 Å². The highest BCUT2D eigenvalue weighted by Crippen LogP contribution is 2.33. The summed E-state index contributed by atoms with van der Waals surface area (Å²) in [5.41, 5.74) is -0.246. The molecule has 0 spiro atoms. The Morgan fingerprint density at radius 3 is 2.81 bits per heavy atom. The van der Waals surface area contributed by atoms with E-state index in [0.717, 1.165) is 25.7 Å². The van der Waals surface area contributed by atoms with E-state index < -0.39 is 23.7 Å². The molecule has 2 fully saturated rings. The summed E-state index contributed by atoms with van der Waals surface area (Å²) in [7, 11) is 0. The first-order valence-electron chi connectivity index (χ1n) is 12.2. The number of hydrogen-bond donors (Lipinski definition) is 3. The van der Waals surface area contributed by atoms with Gasteiger partial charge in [0.25, 0.3) is 5.91 Å². The molecule has 0 aliphatic carbocycles. The summed E-state index contributed by atoms with van der Waals surface area (Å²) < 4.78 is 23.6. The van der Waals surface area contributed by atoms with Crippen LogP contribution >= 0.6 is 0 Å². The van der Waals surface area contributed by atoms with Gasteiger partial charge in [-0.2, -0.15) is 10.4 Å². The highest BCUT2D eigenvalue weighted by atomic mass is 19.1. The fourth-order valence-electron chi connectivity index (χ4n) is 5.17. The lowest BCUT2D eigenvalue weighted by atomic mass is 9.91. The molecule has 3 aromatic rings. The highest BCUT2D eigenvalue weighted by Gasteiger charge is 2.42. The number of pyridine rings is 1. The predicted octanol–water partition coefficient (Wildman–Crippen LogP) is 2.46. The zero-order valence-corrected chi connectivity index (χ0v) is 20.0. The minimum Gasteiger partial charge on any atom is -0.386 e. The lowest BCUT2D eigenvalue weighted by Gasteiger charge is -2.36. The molecule has 0 saturated carbocycles. The minimum atomic E-state index is -1.88. The molecule has 1 amide bonds. The van der Waals surface area contributed by atoms with Gasteiger partial charge in [-0.1, -0.05) is 0 Å². The van der Waals surface area contributed by atoms with E-state index in [0.29, 0.717) is 16.8 Å². The minimum absolute atomic E-state index is 0.00680. The van der Waals surface area contributed by atoms with Crippen LogP contribution in [-0.4, -0.2) is 62.2 Å². The van der Waals surface area contributed by atoms with Crippen molar-refractivity contribution in [2.24, 2.45) is 0 Å². The SMILES string of the molecule is CC(O)(CNC1CC2CCC(C1)O2)[C@H](F)C(NC(=O)c1cccnc1)c1ccc2cc(C#N)cnn12. The fourth-order valence-corrected chi connectivity index (χ4v) is 5.17. The van der Waals surface area contributed by atoms with E-state index >= 15 is 4.39 Å². The van der Waals surface area contributed by atoms with Crippen LogP contribution in [0.4, 0.5) is 4.39 Å². The molecule has 2 aliphatic heterocycles. The number of amides is 1. The summed E-state index contributed by atoms with van der Waals surface area (Å²) in [6.07, 6.45) is 6.61. The van der Waals surface area contributed by atoms with Crippen LogP contribution in [0, 0.1) is 11.3 Å². The molecule has 2 saturated heterocycles. The normalized spacial score (nSPS) is 24.6. The molecule has 188 valence electrons. The Morgan fingerprint density at radius 1 is 1.33 bits per heavy atom. The van der Waals surface area contributed by atoms with Crippen LogP contribution in [0.2, 0.25) is 0 Å². The van der Waals surface area contributed by atoms with Gasteiger partial charge in [0.15, 0.2) is 6.17 Å². The third-order valence-corrected chi connectivity index (χ3v) is 7.11. The van der Waals surface area contributed by atoms with Crippen molar-refractivity contribution in [2.75, 3.05) is 6.54 Å². The van der Waals surface area contributed by atoms with Crippen LogP contribution in [0.1, 0.15) is 60.3 Å². The third kappa shape index (κ3) is 4.95. The molecule has 2 bridgehead atoms. The molecule has 9 nitrogen and oxygen atoms in total. The maximum absolute atomic E-state index is 16.2. The van der Waals surface area contributed by atoms with Gasteiger partial charge in [0.05, 0.1) is 40.7 Å². The number of aliphatic hydroxyl groups is 1. The van der Waals surface area contributed by atoms with Gasteiger partial charge in [0.2, 0.25) is 0 Å². The number of halogens is 1. The zero-order chi connectivity index (χ0) is 25.3. The van der Waals surface area contributed by atoms with Crippen LogP contribution in [0.25, 0.3) is 5.52 Å². The average Bonchev–Trinajstić information content (AvgIpc) is 3.47. The van der Waals surface area contributed by atoms with Crippen LogP contribution < -0.4 is 10.6 Å². The maximum Gasteiger partial charge on any atom is 0.253 e. The van der Waals surface area contributed by atoms with E-state index in [1.807, 2.05) is 6.07 Å². The zero-order valence-electron chi connectivity index (χ0n) is 20.0. The van der Waals surface area contributed by atoms with Gasteiger partial charge in [-0.3, -0.25) is 9.78 Å². The summed E-state index contributed by atoms with van der Waals surface area (Å²) in [5, 5.41) is 30.8. The van der Waals surface area contributed by atoms with Crippen molar-refractivity contribution in [1.29, 1.82) is 5.26 Å². The van der Waals surface area contributed by atoms with Crippen LogP contribution in [0.15, 0.2) is 48.9 Å². The van der Waals surface area contributed by atoms with Gasteiger partial charge >= 0.3 is 0 Å². The molecule has 5 rings (SSSR count). The first-order chi connectivity index (χ1) is 17.3. The number of nitriles is 1. The van der Waals surface area contributed by atoms with Gasteiger partial charge in [0.1, 0.15) is 17.7 Å². The molecular formula is C26H29FN6O3. The van der Waals surface area contributed by atoms with E-state index in [2.05, 4.69) is 20.7 Å². The Hall–Kier alpha value is -3.39. The van der Waals surface area contributed by atoms with Gasteiger partial charge in [0, 0.05) is 25.0 Å². The van der Waals surface area contributed by atoms with E-state index in [-0.39, 0.29) is 30.4 Å². The number of ether oxygens (including phenoxy) is 1. The molecule has 0 radical (unpaired) electrons. The van der Waals surface area contributed by atoms with Gasteiger partial charge in [-0.15, -0.1) is 0 Å². The second-order valence-electron chi connectivity index (χ2n) is 9.91. The molecule has 0 aromatic carbocycles. The molecular weight excluding hydrogens is 463 g/mol. The fraction of sp³-hybridized carbons (Fsp3) is 0.462.